The largest absolute Gasteiger partial charge is 0.507 e. The van der Waals surface area contributed by atoms with Crippen molar-refractivity contribution >= 4 is 44.0 Å². The van der Waals surface area contributed by atoms with Crippen molar-refractivity contribution in [2.24, 2.45) is 5.10 Å². The van der Waals surface area contributed by atoms with Gasteiger partial charge in [0.2, 0.25) is 0 Å². The summed E-state index contributed by atoms with van der Waals surface area (Å²) in [6, 6.07) is 10.5. The Balaban J connectivity index is 1.96. The maximum Gasteiger partial charge on any atom is 0.280 e. The van der Waals surface area contributed by atoms with Gasteiger partial charge in [-0.2, -0.15) is 5.10 Å². The summed E-state index contributed by atoms with van der Waals surface area (Å²) >= 11 is 6.71. The molecule has 5 nitrogen and oxygen atoms in total. The maximum absolute atomic E-state index is 12.0. The minimum atomic E-state index is -0.725. The van der Waals surface area contributed by atoms with Crippen molar-refractivity contribution in [2.45, 2.75) is 20.0 Å². The highest BCUT2D eigenvalue weighted by Gasteiger charge is 2.15. The van der Waals surface area contributed by atoms with Gasteiger partial charge in [-0.1, -0.05) is 22.0 Å². The van der Waals surface area contributed by atoms with Gasteiger partial charge in [-0.05, 0) is 65.7 Å². The van der Waals surface area contributed by atoms with Crippen LogP contribution in [0.2, 0.25) is 0 Å². The smallest absolute Gasteiger partial charge is 0.280 e. The third kappa shape index (κ3) is 5.07. The quantitative estimate of drug-likeness (QED) is 0.525. The van der Waals surface area contributed by atoms with Crippen LogP contribution in [0.1, 0.15) is 18.1 Å². The number of nitrogens with zero attached hydrogens (tertiary/aromatic N) is 1. The Morgan fingerprint density at radius 2 is 2.04 bits per heavy atom. The van der Waals surface area contributed by atoms with Crippen LogP contribution in [0.4, 0.5) is 0 Å². The number of carbonyl (C=O) groups is 1. The average molecular weight is 456 g/mol. The molecule has 0 aliphatic rings. The van der Waals surface area contributed by atoms with Crippen molar-refractivity contribution in [1.29, 1.82) is 0 Å². The number of nitrogens with one attached hydrogen (secondary N) is 1. The van der Waals surface area contributed by atoms with Crippen molar-refractivity contribution in [3.63, 3.8) is 0 Å². The fourth-order valence-electron chi connectivity index (χ4n) is 1.83. The fourth-order valence-corrected chi connectivity index (χ4v) is 2.80. The highest BCUT2D eigenvalue weighted by Crippen LogP contribution is 2.26. The molecular weight excluding hydrogens is 440 g/mol. The van der Waals surface area contributed by atoms with Crippen LogP contribution < -0.4 is 10.2 Å². The molecule has 1 atom stereocenters. The van der Waals surface area contributed by atoms with Crippen molar-refractivity contribution in [1.82, 2.24) is 5.43 Å². The van der Waals surface area contributed by atoms with Gasteiger partial charge in [0.15, 0.2) is 6.10 Å². The van der Waals surface area contributed by atoms with E-state index in [4.69, 9.17) is 4.74 Å². The third-order valence-corrected chi connectivity index (χ3v) is 4.24. The van der Waals surface area contributed by atoms with Gasteiger partial charge in [0.25, 0.3) is 5.91 Å². The van der Waals surface area contributed by atoms with Crippen molar-refractivity contribution < 1.29 is 14.6 Å². The number of aromatic hydroxyl groups is 1. The van der Waals surface area contributed by atoms with Gasteiger partial charge >= 0.3 is 0 Å². The Labute approximate surface area is 157 Å². The Hall–Kier alpha value is -1.86. The Morgan fingerprint density at radius 1 is 1.29 bits per heavy atom. The lowest BCUT2D eigenvalue weighted by Crippen LogP contribution is -2.33. The zero-order chi connectivity index (χ0) is 17.7. The van der Waals surface area contributed by atoms with Crippen molar-refractivity contribution in [3.05, 3.63) is 56.5 Å². The van der Waals surface area contributed by atoms with E-state index in [0.717, 1.165) is 14.5 Å². The van der Waals surface area contributed by atoms with E-state index < -0.39 is 12.0 Å². The second-order valence-electron chi connectivity index (χ2n) is 5.13. The number of ether oxygens (including phenoxy) is 1. The molecule has 126 valence electrons. The van der Waals surface area contributed by atoms with Crippen LogP contribution >= 0.6 is 31.9 Å². The number of carbonyl (C=O) groups excluding carboxylic acids is 1. The lowest BCUT2D eigenvalue weighted by molar-refractivity contribution is -0.127. The average Bonchev–Trinajstić information content (AvgIpc) is 2.53. The number of phenolic OH excluding ortho intramolecular Hbond substituents is 1. The van der Waals surface area contributed by atoms with Crippen LogP contribution in [-0.4, -0.2) is 23.3 Å². The van der Waals surface area contributed by atoms with Gasteiger partial charge in [-0.3, -0.25) is 4.79 Å². The van der Waals surface area contributed by atoms with Crippen LogP contribution in [0, 0.1) is 6.92 Å². The third-order valence-electron chi connectivity index (χ3n) is 3.13. The van der Waals surface area contributed by atoms with Crippen LogP contribution in [0.25, 0.3) is 0 Å². The molecule has 0 saturated heterocycles. The standard InChI is InChI=1S/C17H16Br2N2O3/c1-10-3-6-16(14(19)7-10)24-11(2)17(23)21-20-9-12-8-13(18)4-5-15(12)22/h3-9,11,22H,1-2H3,(H,21,23)/b20-9-/t11-/m1/s1. The van der Waals surface area contributed by atoms with Crippen LogP contribution in [-0.2, 0) is 4.79 Å². The van der Waals surface area contributed by atoms with E-state index >= 15 is 0 Å². The van der Waals surface area contributed by atoms with Gasteiger partial charge in [-0.25, -0.2) is 5.43 Å². The number of hydrogen-bond donors (Lipinski definition) is 2. The number of amides is 1. The number of benzene rings is 2. The molecule has 0 radical (unpaired) electrons. The second-order valence-corrected chi connectivity index (χ2v) is 6.90. The highest BCUT2D eigenvalue weighted by atomic mass is 79.9. The minimum absolute atomic E-state index is 0.0732. The van der Waals surface area contributed by atoms with Crippen LogP contribution in [0.15, 0.2) is 50.4 Å². The van der Waals surface area contributed by atoms with Crippen molar-refractivity contribution in [3.8, 4) is 11.5 Å². The van der Waals surface area contributed by atoms with Gasteiger partial charge in [-0.15, -0.1) is 0 Å². The molecule has 0 unspecified atom stereocenters. The molecule has 24 heavy (non-hydrogen) atoms. The van der Waals surface area contributed by atoms with Crippen LogP contribution in [0.3, 0.4) is 0 Å². The number of phenols is 1. The molecule has 2 rings (SSSR count). The molecule has 0 aliphatic heterocycles. The lowest BCUT2D eigenvalue weighted by Gasteiger charge is -2.14. The van der Waals surface area contributed by atoms with E-state index in [1.54, 1.807) is 25.1 Å². The molecule has 0 bridgehead atoms. The maximum atomic E-state index is 12.0. The first-order valence-corrected chi connectivity index (χ1v) is 8.69. The number of hydrazone groups is 1. The topological polar surface area (TPSA) is 70.9 Å². The SMILES string of the molecule is Cc1ccc(O[C@H](C)C(=O)N/N=C\c2cc(Br)ccc2O)c(Br)c1. The summed E-state index contributed by atoms with van der Waals surface area (Å²) in [5, 5.41) is 13.5. The summed E-state index contributed by atoms with van der Waals surface area (Å²) in [5.74, 6) is 0.258. The molecule has 0 fully saturated rings. The van der Waals surface area contributed by atoms with Gasteiger partial charge < -0.3 is 9.84 Å². The van der Waals surface area contributed by atoms with E-state index in [1.165, 1.54) is 12.3 Å². The fraction of sp³-hybridized carbons (Fsp3) is 0.176. The van der Waals surface area contributed by atoms with E-state index in [1.807, 2.05) is 19.1 Å². The molecule has 2 aromatic rings. The molecule has 0 aromatic heterocycles. The number of aryl methyl sites for hydroxylation is 1. The Kier molecular flexibility index (Phi) is 6.39. The van der Waals surface area contributed by atoms with Gasteiger partial charge in [0, 0.05) is 10.0 Å². The predicted octanol–water partition coefficient (Wildman–Crippen LogP) is 4.14. The first-order chi connectivity index (χ1) is 11.4. The van der Waals surface area contributed by atoms with E-state index in [-0.39, 0.29) is 5.75 Å². The predicted molar refractivity (Wildman–Crippen MR) is 101 cm³/mol. The monoisotopic (exact) mass is 454 g/mol. The molecule has 0 saturated carbocycles. The minimum Gasteiger partial charge on any atom is -0.507 e. The summed E-state index contributed by atoms with van der Waals surface area (Å²) < 4.78 is 7.20. The summed E-state index contributed by atoms with van der Waals surface area (Å²) in [6.07, 6.45) is 0.643. The molecule has 2 N–H and O–H groups in total. The summed E-state index contributed by atoms with van der Waals surface area (Å²) in [7, 11) is 0. The number of halogens is 2. The summed E-state index contributed by atoms with van der Waals surface area (Å²) in [4.78, 5) is 12.0. The van der Waals surface area contributed by atoms with E-state index in [2.05, 4.69) is 42.4 Å². The molecule has 0 spiro atoms. The highest BCUT2D eigenvalue weighted by molar-refractivity contribution is 9.10. The van der Waals surface area contributed by atoms with E-state index in [9.17, 15) is 9.90 Å². The summed E-state index contributed by atoms with van der Waals surface area (Å²) in [5.41, 5.74) is 3.97. The van der Waals surface area contributed by atoms with Crippen molar-refractivity contribution in [2.75, 3.05) is 0 Å². The van der Waals surface area contributed by atoms with Gasteiger partial charge in [0.05, 0.1) is 10.7 Å². The zero-order valence-electron chi connectivity index (χ0n) is 13.1. The first-order valence-electron chi connectivity index (χ1n) is 7.11. The Morgan fingerprint density at radius 3 is 2.75 bits per heavy atom. The van der Waals surface area contributed by atoms with Crippen LogP contribution in [0.5, 0.6) is 11.5 Å². The van der Waals surface area contributed by atoms with E-state index in [0.29, 0.717) is 11.3 Å². The lowest BCUT2D eigenvalue weighted by atomic mass is 10.2. The zero-order valence-corrected chi connectivity index (χ0v) is 16.3. The number of rotatable bonds is 5. The molecular formula is C17H16Br2N2O3. The first kappa shape index (κ1) is 18.5. The second kappa shape index (κ2) is 8.30. The Bertz CT molecular complexity index is 778. The molecule has 0 heterocycles. The molecule has 2 aromatic carbocycles. The molecule has 1 amide bonds. The normalized spacial score (nSPS) is 12.2. The number of hydrogen-bond acceptors (Lipinski definition) is 4. The molecule has 7 heteroatoms. The summed E-state index contributed by atoms with van der Waals surface area (Å²) in [6.45, 7) is 3.60. The molecule has 0 aliphatic carbocycles. The van der Waals surface area contributed by atoms with Gasteiger partial charge in [0.1, 0.15) is 11.5 Å².